The standard InChI is InChI=1S/C13H26O3Si/c1-10(12-11(14-5)8-9-15-12)16-17(6,7)13(2,3)4/h8,10,12H,9H2,1-7H3/t10-,12?/m0/s1. The predicted octanol–water partition coefficient (Wildman–Crippen LogP) is 3.33. The minimum absolute atomic E-state index is 0.0459. The number of hydrogen-bond acceptors (Lipinski definition) is 3. The van der Waals surface area contributed by atoms with Crippen LogP contribution in [0.4, 0.5) is 0 Å². The van der Waals surface area contributed by atoms with Crippen molar-refractivity contribution in [1.82, 2.24) is 0 Å². The van der Waals surface area contributed by atoms with Crippen molar-refractivity contribution in [3.63, 3.8) is 0 Å². The zero-order valence-corrected chi connectivity index (χ0v) is 13.2. The first-order valence-corrected chi connectivity index (χ1v) is 9.13. The monoisotopic (exact) mass is 258 g/mol. The highest BCUT2D eigenvalue weighted by Crippen LogP contribution is 2.38. The van der Waals surface area contributed by atoms with Gasteiger partial charge in [0.1, 0.15) is 11.9 Å². The minimum atomic E-state index is -1.74. The Kier molecular flexibility index (Phi) is 4.44. The van der Waals surface area contributed by atoms with Crippen molar-refractivity contribution in [2.45, 2.75) is 58.0 Å². The number of methoxy groups -OCH3 is 1. The van der Waals surface area contributed by atoms with Crippen molar-refractivity contribution >= 4 is 8.32 Å². The molecular formula is C13H26O3Si. The molecule has 0 aromatic rings. The third-order valence-electron chi connectivity index (χ3n) is 3.79. The second kappa shape index (κ2) is 5.12. The highest BCUT2D eigenvalue weighted by atomic mass is 28.4. The fraction of sp³-hybridized carbons (Fsp3) is 0.846. The fourth-order valence-corrected chi connectivity index (χ4v) is 3.11. The van der Waals surface area contributed by atoms with Gasteiger partial charge in [-0.2, -0.15) is 0 Å². The zero-order valence-electron chi connectivity index (χ0n) is 12.2. The average molecular weight is 258 g/mol. The van der Waals surface area contributed by atoms with E-state index < -0.39 is 8.32 Å². The number of rotatable bonds is 4. The summed E-state index contributed by atoms with van der Waals surface area (Å²) in [6.45, 7) is 13.9. The lowest BCUT2D eigenvalue weighted by molar-refractivity contribution is 0.00150. The Balaban J connectivity index is 2.67. The van der Waals surface area contributed by atoms with E-state index in [2.05, 4.69) is 40.8 Å². The van der Waals surface area contributed by atoms with Crippen LogP contribution in [0.15, 0.2) is 11.8 Å². The lowest BCUT2D eigenvalue weighted by Crippen LogP contribution is -2.46. The Hall–Kier alpha value is -0.323. The molecule has 0 aromatic carbocycles. The molecule has 1 heterocycles. The van der Waals surface area contributed by atoms with Crippen LogP contribution in [0.3, 0.4) is 0 Å². The summed E-state index contributed by atoms with van der Waals surface area (Å²) in [5.74, 6) is 0.899. The van der Waals surface area contributed by atoms with Crippen molar-refractivity contribution in [3.8, 4) is 0 Å². The summed E-state index contributed by atoms with van der Waals surface area (Å²) in [5.41, 5.74) is 0. The second-order valence-electron chi connectivity index (χ2n) is 6.15. The van der Waals surface area contributed by atoms with Crippen LogP contribution in [0.1, 0.15) is 27.7 Å². The maximum Gasteiger partial charge on any atom is 0.192 e. The summed E-state index contributed by atoms with van der Waals surface area (Å²) in [6, 6.07) is 0. The SMILES string of the molecule is COC1=CCOC1[C@H](C)O[Si](C)(C)C(C)(C)C. The molecule has 0 fully saturated rings. The van der Waals surface area contributed by atoms with Crippen LogP contribution in [0.5, 0.6) is 0 Å². The molecule has 0 saturated heterocycles. The highest BCUT2D eigenvalue weighted by molar-refractivity contribution is 6.74. The van der Waals surface area contributed by atoms with Gasteiger partial charge < -0.3 is 13.9 Å². The zero-order chi connectivity index (χ0) is 13.3. The third-order valence-corrected chi connectivity index (χ3v) is 8.36. The normalized spacial score (nSPS) is 23.5. The van der Waals surface area contributed by atoms with E-state index in [4.69, 9.17) is 13.9 Å². The summed E-state index contributed by atoms with van der Waals surface area (Å²) in [7, 11) is -0.0536. The van der Waals surface area contributed by atoms with Gasteiger partial charge in [0.05, 0.1) is 19.8 Å². The molecule has 0 aliphatic carbocycles. The van der Waals surface area contributed by atoms with Gasteiger partial charge in [0, 0.05) is 0 Å². The molecule has 100 valence electrons. The van der Waals surface area contributed by atoms with Gasteiger partial charge in [0.25, 0.3) is 0 Å². The Labute approximate surface area is 106 Å². The maximum atomic E-state index is 6.31. The fourth-order valence-electron chi connectivity index (χ4n) is 1.70. The lowest BCUT2D eigenvalue weighted by atomic mass is 10.2. The first kappa shape index (κ1) is 14.7. The van der Waals surface area contributed by atoms with E-state index in [0.29, 0.717) is 6.61 Å². The number of ether oxygens (including phenoxy) is 2. The van der Waals surface area contributed by atoms with Gasteiger partial charge >= 0.3 is 0 Å². The summed E-state index contributed by atoms with van der Waals surface area (Å²) >= 11 is 0. The Morgan fingerprint density at radius 2 is 2.00 bits per heavy atom. The topological polar surface area (TPSA) is 27.7 Å². The van der Waals surface area contributed by atoms with Gasteiger partial charge in [0.15, 0.2) is 8.32 Å². The van der Waals surface area contributed by atoms with E-state index >= 15 is 0 Å². The van der Waals surface area contributed by atoms with Crippen LogP contribution in [-0.4, -0.2) is 34.2 Å². The molecule has 0 bridgehead atoms. The molecule has 0 saturated carbocycles. The van der Waals surface area contributed by atoms with Crippen LogP contribution >= 0.6 is 0 Å². The molecule has 0 N–H and O–H groups in total. The van der Waals surface area contributed by atoms with E-state index in [9.17, 15) is 0 Å². The summed E-state index contributed by atoms with van der Waals surface area (Å²) in [4.78, 5) is 0. The first-order valence-electron chi connectivity index (χ1n) is 6.22. The summed E-state index contributed by atoms with van der Waals surface area (Å²) in [6.07, 6.45) is 1.98. The van der Waals surface area contributed by atoms with Crippen molar-refractivity contribution in [3.05, 3.63) is 11.8 Å². The van der Waals surface area contributed by atoms with Crippen LogP contribution in [0, 0.1) is 0 Å². The molecule has 17 heavy (non-hydrogen) atoms. The van der Waals surface area contributed by atoms with Crippen LogP contribution in [0.2, 0.25) is 18.1 Å². The van der Waals surface area contributed by atoms with Gasteiger partial charge in [-0.25, -0.2) is 0 Å². The molecule has 1 rings (SSSR count). The van der Waals surface area contributed by atoms with E-state index in [-0.39, 0.29) is 17.2 Å². The van der Waals surface area contributed by atoms with E-state index in [1.54, 1.807) is 7.11 Å². The highest BCUT2D eigenvalue weighted by Gasteiger charge is 2.41. The molecule has 0 radical (unpaired) electrons. The molecule has 2 atom stereocenters. The summed E-state index contributed by atoms with van der Waals surface area (Å²) in [5, 5.41) is 0.219. The largest absolute Gasteiger partial charge is 0.498 e. The smallest absolute Gasteiger partial charge is 0.192 e. The van der Waals surface area contributed by atoms with E-state index in [1.807, 2.05) is 6.08 Å². The quantitative estimate of drug-likeness (QED) is 0.724. The Bertz CT molecular complexity index is 292. The van der Waals surface area contributed by atoms with Gasteiger partial charge in [-0.15, -0.1) is 0 Å². The van der Waals surface area contributed by atoms with Gasteiger partial charge in [-0.05, 0) is 31.1 Å². The molecule has 4 heteroatoms. The van der Waals surface area contributed by atoms with Crippen molar-refractivity contribution < 1.29 is 13.9 Å². The number of hydrogen-bond donors (Lipinski definition) is 0. The molecule has 0 aromatic heterocycles. The van der Waals surface area contributed by atoms with Crippen LogP contribution in [-0.2, 0) is 13.9 Å². The minimum Gasteiger partial charge on any atom is -0.498 e. The second-order valence-corrected chi connectivity index (χ2v) is 10.9. The van der Waals surface area contributed by atoms with Gasteiger partial charge in [-0.3, -0.25) is 0 Å². The molecule has 1 unspecified atom stereocenters. The van der Waals surface area contributed by atoms with E-state index in [1.165, 1.54) is 0 Å². The van der Waals surface area contributed by atoms with Crippen molar-refractivity contribution in [2.24, 2.45) is 0 Å². The molecule has 1 aliphatic rings. The van der Waals surface area contributed by atoms with Gasteiger partial charge in [-0.1, -0.05) is 20.8 Å². The summed E-state index contributed by atoms with van der Waals surface area (Å²) < 4.78 is 17.3. The average Bonchev–Trinajstić information content (AvgIpc) is 2.62. The van der Waals surface area contributed by atoms with E-state index in [0.717, 1.165) is 5.76 Å². The molecule has 0 spiro atoms. The third kappa shape index (κ3) is 3.33. The predicted molar refractivity (Wildman–Crippen MR) is 72.6 cm³/mol. The Morgan fingerprint density at radius 1 is 1.41 bits per heavy atom. The van der Waals surface area contributed by atoms with Crippen LogP contribution in [0.25, 0.3) is 0 Å². The first-order chi connectivity index (χ1) is 7.69. The Morgan fingerprint density at radius 3 is 2.47 bits per heavy atom. The van der Waals surface area contributed by atoms with Crippen LogP contribution < -0.4 is 0 Å². The molecule has 0 amide bonds. The molecule has 3 nitrogen and oxygen atoms in total. The molecule has 1 aliphatic heterocycles. The van der Waals surface area contributed by atoms with Gasteiger partial charge in [0.2, 0.25) is 0 Å². The molecular weight excluding hydrogens is 232 g/mol. The lowest BCUT2D eigenvalue weighted by Gasteiger charge is -2.39. The van der Waals surface area contributed by atoms with Crippen molar-refractivity contribution in [1.29, 1.82) is 0 Å². The van der Waals surface area contributed by atoms with Crippen molar-refractivity contribution in [2.75, 3.05) is 13.7 Å². The maximum absolute atomic E-state index is 6.31.